The maximum absolute atomic E-state index is 12.0. The fourth-order valence-electron chi connectivity index (χ4n) is 1.61. The van der Waals surface area contributed by atoms with Crippen LogP contribution in [0.5, 0.6) is 0 Å². The molecular weight excluding hydrogens is 246 g/mol. The molecule has 0 spiro atoms. The number of thiazole rings is 1. The van der Waals surface area contributed by atoms with Crippen molar-refractivity contribution in [2.45, 2.75) is 19.9 Å². The molecule has 0 fully saturated rings. The van der Waals surface area contributed by atoms with Crippen molar-refractivity contribution in [3.8, 4) is 0 Å². The van der Waals surface area contributed by atoms with Crippen molar-refractivity contribution < 1.29 is 4.79 Å². The van der Waals surface area contributed by atoms with Crippen molar-refractivity contribution in [3.63, 3.8) is 0 Å². The zero-order valence-corrected chi connectivity index (χ0v) is 11.1. The lowest BCUT2D eigenvalue weighted by atomic mass is 10.1. The molecule has 94 valence electrons. The summed E-state index contributed by atoms with van der Waals surface area (Å²) in [7, 11) is 0. The van der Waals surface area contributed by atoms with Crippen LogP contribution in [-0.2, 0) is 0 Å². The number of carbonyl (C=O) groups is 1. The Labute approximate surface area is 110 Å². The molecule has 1 aromatic heterocycles. The highest BCUT2D eigenvalue weighted by atomic mass is 32.1. The first-order valence-electron chi connectivity index (χ1n) is 5.64. The molecule has 1 unspecified atom stereocenters. The molecule has 0 aliphatic carbocycles. The summed E-state index contributed by atoms with van der Waals surface area (Å²) in [5, 5.41) is 5.71. The van der Waals surface area contributed by atoms with Crippen molar-refractivity contribution in [1.29, 1.82) is 0 Å². The number of carbonyl (C=O) groups excluding carboxylic acids is 1. The summed E-state index contributed by atoms with van der Waals surface area (Å²) in [6.07, 6.45) is 1.73. The predicted octanol–water partition coefficient (Wildman–Crippen LogP) is 2.52. The number of amides is 1. The third-order valence-electron chi connectivity index (χ3n) is 2.70. The Bertz CT molecular complexity index is 551. The standard InChI is InChI=1S/C13H15N3OS/c1-8-7-10(3-4-11(8)14)12(17)16-9(2)13-15-5-6-18-13/h3-7,9H,14H2,1-2H3,(H,16,17). The summed E-state index contributed by atoms with van der Waals surface area (Å²) < 4.78 is 0. The molecule has 3 N–H and O–H groups in total. The van der Waals surface area contributed by atoms with Crippen LogP contribution in [-0.4, -0.2) is 10.9 Å². The first-order valence-corrected chi connectivity index (χ1v) is 6.52. The summed E-state index contributed by atoms with van der Waals surface area (Å²) in [5.74, 6) is -0.110. The molecule has 1 atom stereocenters. The van der Waals surface area contributed by atoms with Crippen molar-refractivity contribution in [1.82, 2.24) is 10.3 Å². The number of hydrogen-bond donors (Lipinski definition) is 2. The summed E-state index contributed by atoms with van der Waals surface area (Å²) in [6, 6.07) is 5.18. The fraction of sp³-hybridized carbons (Fsp3) is 0.231. The number of aryl methyl sites for hydroxylation is 1. The summed E-state index contributed by atoms with van der Waals surface area (Å²) >= 11 is 1.53. The predicted molar refractivity (Wildman–Crippen MR) is 73.6 cm³/mol. The molecule has 1 aromatic carbocycles. The minimum absolute atomic E-state index is 0.0876. The van der Waals surface area contributed by atoms with Crippen molar-refractivity contribution >= 4 is 22.9 Å². The van der Waals surface area contributed by atoms with Gasteiger partial charge in [-0.25, -0.2) is 4.98 Å². The van der Waals surface area contributed by atoms with Crippen LogP contribution in [0.15, 0.2) is 29.8 Å². The molecule has 0 aliphatic heterocycles. The van der Waals surface area contributed by atoms with Crippen LogP contribution in [0, 0.1) is 6.92 Å². The summed E-state index contributed by atoms with van der Waals surface area (Å²) in [5.41, 5.74) is 7.94. The van der Waals surface area contributed by atoms with Crippen LogP contribution in [0.4, 0.5) is 5.69 Å². The van der Waals surface area contributed by atoms with Gasteiger partial charge < -0.3 is 11.1 Å². The van der Waals surface area contributed by atoms with E-state index in [0.29, 0.717) is 11.3 Å². The van der Waals surface area contributed by atoms with E-state index in [2.05, 4.69) is 10.3 Å². The van der Waals surface area contributed by atoms with Crippen LogP contribution in [0.3, 0.4) is 0 Å². The quantitative estimate of drug-likeness (QED) is 0.834. The largest absolute Gasteiger partial charge is 0.399 e. The van der Waals surface area contributed by atoms with E-state index in [4.69, 9.17) is 5.73 Å². The van der Waals surface area contributed by atoms with Gasteiger partial charge in [0.2, 0.25) is 0 Å². The fourth-order valence-corrected chi connectivity index (χ4v) is 2.25. The lowest BCUT2D eigenvalue weighted by Gasteiger charge is -2.12. The maximum Gasteiger partial charge on any atom is 0.251 e. The molecule has 4 nitrogen and oxygen atoms in total. The monoisotopic (exact) mass is 261 g/mol. The molecule has 0 saturated heterocycles. The topological polar surface area (TPSA) is 68.0 Å². The zero-order valence-electron chi connectivity index (χ0n) is 10.3. The lowest BCUT2D eigenvalue weighted by molar-refractivity contribution is 0.0940. The van der Waals surface area contributed by atoms with Crippen LogP contribution < -0.4 is 11.1 Å². The summed E-state index contributed by atoms with van der Waals surface area (Å²) in [6.45, 7) is 3.80. The Morgan fingerprint density at radius 2 is 2.28 bits per heavy atom. The first-order chi connectivity index (χ1) is 8.58. The number of hydrogen-bond acceptors (Lipinski definition) is 4. The van der Waals surface area contributed by atoms with E-state index >= 15 is 0 Å². The van der Waals surface area contributed by atoms with Gasteiger partial charge in [-0.3, -0.25) is 4.79 Å². The zero-order chi connectivity index (χ0) is 13.1. The highest BCUT2D eigenvalue weighted by molar-refractivity contribution is 7.09. The van der Waals surface area contributed by atoms with E-state index < -0.39 is 0 Å². The minimum atomic E-state index is -0.110. The molecular formula is C13H15N3OS. The highest BCUT2D eigenvalue weighted by Gasteiger charge is 2.13. The molecule has 1 heterocycles. The summed E-state index contributed by atoms with van der Waals surface area (Å²) in [4.78, 5) is 16.2. The van der Waals surface area contributed by atoms with Crippen LogP contribution in [0.1, 0.15) is 33.9 Å². The Morgan fingerprint density at radius 3 is 2.89 bits per heavy atom. The van der Waals surface area contributed by atoms with E-state index in [1.807, 2.05) is 19.2 Å². The number of benzene rings is 1. The number of rotatable bonds is 3. The smallest absolute Gasteiger partial charge is 0.251 e. The number of nitrogen functional groups attached to an aromatic ring is 1. The second-order valence-corrected chi connectivity index (χ2v) is 5.06. The van der Waals surface area contributed by atoms with Gasteiger partial charge in [-0.15, -0.1) is 11.3 Å². The highest BCUT2D eigenvalue weighted by Crippen LogP contribution is 2.17. The SMILES string of the molecule is Cc1cc(C(=O)NC(C)c2nccs2)ccc1N. The second-order valence-electron chi connectivity index (χ2n) is 4.14. The number of nitrogens with two attached hydrogens (primary N) is 1. The van der Waals surface area contributed by atoms with Crippen LogP contribution in [0.2, 0.25) is 0 Å². The van der Waals surface area contributed by atoms with E-state index in [1.54, 1.807) is 24.4 Å². The molecule has 2 aromatic rings. The van der Waals surface area contributed by atoms with Gasteiger partial charge in [0, 0.05) is 22.8 Å². The van der Waals surface area contributed by atoms with E-state index in [9.17, 15) is 4.79 Å². The Hall–Kier alpha value is -1.88. The van der Waals surface area contributed by atoms with Crippen LogP contribution in [0.25, 0.3) is 0 Å². The molecule has 2 rings (SSSR count). The molecule has 0 saturated carbocycles. The molecule has 0 radical (unpaired) electrons. The number of anilines is 1. The third kappa shape index (κ3) is 2.68. The third-order valence-corrected chi connectivity index (χ3v) is 3.66. The van der Waals surface area contributed by atoms with Gasteiger partial charge in [0.05, 0.1) is 6.04 Å². The number of nitrogens with zero attached hydrogens (tertiary/aromatic N) is 1. The van der Waals surface area contributed by atoms with Gasteiger partial charge in [-0.2, -0.15) is 0 Å². The first kappa shape index (κ1) is 12.6. The Balaban J connectivity index is 2.10. The van der Waals surface area contributed by atoms with Gasteiger partial charge in [-0.05, 0) is 37.6 Å². The van der Waals surface area contributed by atoms with E-state index in [0.717, 1.165) is 10.6 Å². The average Bonchev–Trinajstić information content (AvgIpc) is 2.86. The van der Waals surface area contributed by atoms with Gasteiger partial charge in [0.1, 0.15) is 5.01 Å². The van der Waals surface area contributed by atoms with Crippen molar-refractivity contribution in [2.24, 2.45) is 0 Å². The minimum Gasteiger partial charge on any atom is -0.399 e. The van der Waals surface area contributed by atoms with Gasteiger partial charge >= 0.3 is 0 Å². The van der Waals surface area contributed by atoms with E-state index in [1.165, 1.54) is 11.3 Å². The van der Waals surface area contributed by atoms with Gasteiger partial charge in [-0.1, -0.05) is 0 Å². The molecule has 18 heavy (non-hydrogen) atoms. The van der Waals surface area contributed by atoms with Crippen molar-refractivity contribution in [3.05, 3.63) is 45.9 Å². The van der Waals surface area contributed by atoms with E-state index in [-0.39, 0.29) is 11.9 Å². The Kier molecular flexibility index (Phi) is 3.62. The maximum atomic E-state index is 12.0. The molecule has 0 bridgehead atoms. The number of aromatic nitrogens is 1. The number of nitrogens with one attached hydrogen (secondary N) is 1. The normalized spacial score (nSPS) is 12.1. The molecule has 5 heteroatoms. The van der Waals surface area contributed by atoms with Crippen LogP contribution >= 0.6 is 11.3 Å². The Morgan fingerprint density at radius 1 is 1.50 bits per heavy atom. The van der Waals surface area contributed by atoms with Gasteiger partial charge in [0.25, 0.3) is 5.91 Å². The molecule has 1 amide bonds. The second kappa shape index (κ2) is 5.18. The molecule has 0 aliphatic rings. The lowest BCUT2D eigenvalue weighted by Crippen LogP contribution is -2.26. The average molecular weight is 261 g/mol. The van der Waals surface area contributed by atoms with Crippen molar-refractivity contribution in [2.75, 3.05) is 5.73 Å². The van der Waals surface area contributed by atoms with Gasteiger partial charge in [0.15, 0.2) is 0 Å².